The maximum absolute atomic E-state index is 13.4. The van der Waals surface area contributed by atoms with Gasteiger partial charge in [-0.2, -0.15) is 0 Å². The third-order valence-electron chi connectivity index (χ3n) is 7.89. The Kier molecular flexibility index (Phi) is 5.96. The molecular formula is C27H38N4O. The van der Waals surface area contributed by atoms with Gasteiger partial charge in [-0.25, -0.2) is 0 Å². The predicted molar refractivity (Wildman–Crippen MR) is 127 cm³/mol. The summed E-state index contributed by atoms with van der Waals surface area (Å²) >= 11 is 0. The number of nitrogens with zero attached hydrogens (tertiary/aromatic N) is 3. The van der Waals surface area contributed by atoms with Gasteiger partial charge in [0.2, 0.25) is 0 Å². The van der Waals surface area contributed by atoms with Crippen LogP contribution < -0.4 is 5.32 Å². The first-order valence-corrected chi connectivity index (χ1v) is 12.6. The highest BCUT2D eigenvalue weighted by Crippen LogP contribution is 2.48. The molecule has 0 amide bonds. The summed E-state index contributed by atoms with van der Waals surface area (Å²) in [7, 11) is 0. The highest BCUT2D eigenvalue weighted by Gasteiger charge is 2.43. The molecular weight excluding hydrogens is 396 g/mol. The second kappa shape index (κ2) is 8.74. The minimum absolute atomic E-state index is 0.0136. The molecule has 2 aliphatic carbocycles. The van der Waals surface area contributed by atoms with Gasteiger partial charge in [0.25, 0.3) is 0 Å². The Bertz CT molecular complexity index is 984. The zero-order chi connectivity index (χ0) is 22.4. The van der Waals surface area contributed by atoms with Crippen LogP contribution in [0.5, 0.6) is 0 Å². The van der Waals surface area contributed by atoms with Crippen LogP contribution in [0.1, 0.15) is 92.2 Å². The molecule has 1 saturated heterocycles. The van der Waals surface area contributed by atoms with E-state index in [1.807, 2.05) is 0 Å². The van der Waals surface area contributed by atoms with E-state index in [1.54, 1.807) is 0 Å². The van der Waals surface area contributed by atoms with Crippen LogP contribution in [0.2, 0.25) is 0 Å². The van der Waals surface area contributed by atoms with Crippen molar-refractivity contribution in [3.05, 3.63) is 46.5 Å². The van der Waals surface area contributed by atoms with Gasteiger partial charge in [0.05, 0.1) is 0 Å². The molecule has 2 aromatic rings. The summed E-state index contributed by atoms with van der Waals surface area (Å²) in [6.45, 7) is 10.4. The lowest BCUT2D eigenvalue weighted by atomic mass is 9.71. The number of benzene rings is 1. The van der Waals surface area contributed by atoms with Gasteiger partial charge in [-0.15, -0.1) is 10.2 Å². The number of ketones is 1. The smallest absolute Gasteiger partial charge is 0.142 e. The topological polar surface area (TPSA) is 59.8 Å². The lowest BCUT2D eigenvalue weighted by Gasteiger charge is -2.36. The molecule has 0 bridgehead atoms. The van der Waals surface area contributed by atoms with Gasteiger partial charge in [0.1, 0.15) is 17.4 Å². The molecule has 5 rings (SSSR count). The van der Waals surface area contributed by atoms with Crippen molar-refractivity contribution in [1.29, 1.82) is 0 Å². The van der Waals surface area contributed by atoms with Crippen LogP contribution in [0.4, 0.5) is 0 Å². The van der Waals surface area contributed by atoms with Gasteiger partial charge in [-0.3, -0.25) is 4.79 Å². The summed E-state index contributed by atoms with van der Waals surface area (Å²) in [6.07, 6.45) is 6.78. The molecule has 5 nitrogen and oxygen atoms in total. The third kappa shape index (κ3) is 4.28. The van der Waals surface area contributed by atoms with Crippen LogP contribution in [0.3, 0.4) is 0 Å². The Morgan fingerprint density at radius 3 is 2.56 bits per heavy atom. The molecule has 3 fully saturated rings. The van der Waals surface area contributed by atoms with Gasteiger partial charge >= 0.3 is 0 Å². The molecule has 3 aliphatic rings. The summed E-state index contributed by atoms with van der Waals surface area (Å²) in [5, 5.41) is 13.0. The second-order valence-corrected chi connectivity index (χ2v) is 11.1. The number of carbonyl (C=O) groups is 1. The van der Waals surface area contributed by atoms with E-state index in [4.69, 9.17) is 10.2 Å². The molecule has 172 valence electrons. The Balaban J connectivity index is 1.34. The number of carbonyl (C=O) groups excluding carboxylic acids is 1. The fourth-order valence-corrected chi connectivity index (χ4v) is 6.01. The second-order valence-electron chi connectivity index (χ2n) is 11.1. The maximum atomic E-state index is 13.4. The molecule has 0 radical (unpaired) electrons. The largest absolute Gasteiger partial charge is 0.315 e. The first-order valence-electron chi connectivity index (χ1n) is 12.6. The number of Topliss-reactive ketones (excluding diaryl/α,β-unsaturated/α-hetero) is 1. The van der Waals surface area contributed by atoms with E-state index in [-0.39, 0.29) is 11.8 Å². The lowest BCUT2D eigenvalue weighted by molar-refractivity contribution is -0.122. The van der Waals surface area contributed by atoms with Gasteiger partial charge < -0.3 is 9.88 Å². The fraction of sp³-hybridized carbons (Fsp3) is 0.667. The monoisotopic (exact) mass is 434 g/mol. The maximum Gasteiger partial charge on any atom is 0.142 e. The number of rotatable bonds is 8. The quantitative estimate of drug-likeness (QED) is 0.643. The van der Waals surface area contributed by atoms with Gasteiger partial charge in [0, 0.05) is 43.3 Å². The van der Waals surface area contributed by atoms with Crippen molar-refractivity contribution in [3.63, 3.8) is 0 Å². The van der Waals surface area contributed by atoms with E-state index in [0.29, 0.717) is 24.2 Å². The Morgan fingerprint density at radius 1 is 1.12 bits per heavy atom. The summed E-state index contributed by atoms with van der Waals surface area (Å²) in [4.78, 5) is 13.4. The number of nitrogens with one attached hydrogen (secondary N) is 1. The van der Waals surface area contributed by atoms with Crippen LogP contribution in [-0.2, 0) is 11.2 Å². The first-order chi connectivity index (χ1) is 15.4. The van der Waals surface area contributed by atoms with E-state index >= 15 is 0 Å². The zero-order valence-electron chi connectivity index (χ0n) is 20.1. The minimum Gasteiger partial charge on any atom is -0.315 e. The number of hydrogen-bond donors (Lipinski definition) is 1. The number of aryl methyl sites for hydroxylation is 2. The van der Waals surface area contributed by atoms with Crippen molar-refractivity contribution in [3.8, 4) is 0 Å². The molecule has 1 aromatic heterocycles. The summed E-state index contributed by atoms with van der Waals surface area (Å²) in [5.74, 6) is 4.90. The summed E-state index contributed by atoms with van der Waals surface area (Å²) in [5.41, 5.74) is 3.61. The molecule has 1 aliphatic heterocycles. The van der Waals surface area contributed by atoms with E-state index in [2.05, 4.69) is 55.8 Å². The van der Waals surface area contributed by atoms with Crippen LogP contribution in [0.25, 0.3) is 0 Å². The van der Waals surface area contributed by atoms with Gasteiger partial charge in [0.15, 0.2) is 0 Å². The van der Waals surface area contributed by atoms with Crippen molar-refractivity contribution in [2.75, 3.05) is 13.1 Å². The van der Waals surface area contributed by atoms with Crippen LogP contribution in [0.15, 0.2) is 18.2 Å². The van der Waals surface area contributed by atoms with Crippen molar-refractivity contribution >= 4 is 5.78 Å². The standard InChI is InChI=1S/C27H38N4O/c1-16(2)9-19-11-21(12-19)26-29-30-27(31(26)22-7-8-22)24-15-28-14-23(24)25(32)13-20-6-5-17(3)10-18(20)4/h5-6,10,16,19,21-24,28H,7-9,11-15H2,1-4H3/t19?,21?,23-,24-/m0/s1. The predicted octanol–water partition coefficient (Wildman–Crippen LogP) is 4.88. The van der Waals surface area contributed by atoms with Gasteiger partial charge in [-0.05, 0) is 68.9 Å². The highest BCUT2D eigenvalue weighted by atomic mass is 16.1. The van der Waals surface area contributed by atoms with Crippen molar-refractivity contribution in [1.82, 2.24) is 20.1 Å². The average Bonchev–Trinajstić information content (AvgIpc) is 3.27. The molecule has 1 aromatic carbocycles. The van der Waals surface area contributed by atoms with Crippen molar-refractivity contribution < 1.29 is 4.79 Å². The minimum atomic E-state index is -0.0136. The normalized spacial score (nSPS) is 27.7. The van der Waals surface area contributed by atoms with E-state index in [9.17, 15) is 4.79 Å². The van der Waals surface area contributed by atoms with E-state index < -0.39 is 0 Å². The molecule has 2 atom stereocenters. The average molecular weight is 435 g/mol. The van der Waals surface area contributed by atoms with Crippen LogP contribution in [0, 0.1) is 31.6 Å². The fourth-order valence-electron chi connectivity index (χ4n) is 6.01. The molecule has 1 N–H and O–H groups in total. The molecule has 32 heavy (non-hydrogen) atoms. The molecule has 5 heteroatoms. The molecule has 0 spiro atoms. The number of hydrogen-bond acceptors (Lipinski definition) is 4. The highest BCUT2D eigenvalue weighted by molar-refractivity contribution is 5.85. The Morgan fingerprint density at radius 2 is 1.88 bits per heavy atom. The molecule has 0 unspecified atom stereocenters. The number of aromatic nitrogens is 3. The van der Waals surface area contributed by atoms with Gasteiger partial charge in [-0.1, -0.05) is 37.6 Å². The first kappa shape index (κ1) is 21.8. The van der Waals surface area contributed by atoms with Crippen LogP contribution in [-0.4, -0.2) is 33.6 Å². The van der Waals surface area contributed by atoms with Crippen molar-refractivity contribution in [2.45, 2.75) is 84.1 Å². The van der Waals surface area contributed by atoms with Crippen molar-refractivity contribution in [2.24, 2.45) is 17.8 Å². The molecule has 2 heterocycles. The Hall–Kier alpha value is -2.01. The van der Waals surface area contributed by atoms with E-state index in [0.717, 1.165) is 36.3 Å². The summed E-state index contributed by atoms with van der Waals surface area (Å²) in [6, 6.07) is 6.96. The van der Waals surface area contributed by atoms with E-state index in [1.165, 1.54) is 49.1 Å². The molecule has 2 saturated carbocycles. The zero-order valence-corrected chi connectivity index (χ0v) is 20.1. The Labute approximate surface area is 192 Å². The third-order valence-corrected chi connectivity index (χ3v) is 7.89. The summed E-state index contributed by atoms with van der Waals surface area (Å²) < 4.78 is 2.46. The van der Waals surface area contributed by atoms with Crippen LogP contribution >= 0.6 is 0 Å². The lowest BCUT2D eigenvalue weighted by Crippen LogP contribution is -2.28. The SMILES string of the molecule is Cc1ccc(CC(=O)[C@H]2CNC[C@@H]2c2nnc(C3CC(CC(C)C)C3)n2C2CC2)c(C)c1.